The second-order valence-corrected chi connectivity index (χ2v) is 5.28. The molecule has 0 aromatic carbocycles. The number of nitrogens with zero attached hydrogens (tertiary/aromatic N) is 2. The molecule has 0 saturated heterocycles. The van der Waals surface area contributed by atoms with E-state index in [1.165, 1.54) is 0 Å². The molecule has 0 aliphatic rings. The van der Waals surface area contributed by atoms with Gasteiger partial charge < -0.3 is 10.5 Å². The topological polar surface area (TPSA) is 53.1 Å². The number of halogens is 1. The van der Waals surface area contributed by atoms with Crippen LogP contribution in [0.15, 0.2) is 10.7 Å². The number of hydrogen-bond donors (Lipinski definition) is 1. The molecule has 98 valence electrons. The molecule has 0 radical (unpaired) electrons. The Balaban J connectivity index is 2.61. The average molecular weight is 304 g/mol. The second kappa shape index (κ2) is 7.13. The van der Waals surface area contributed by atoms with Crippen molar-refractivity contribution in [2.75, 3.05) is 13.2 Å². The van der Waals surface area contributed by atoms with E-state index in [1.54, 1.807) is 0 Å². The highest BCUT2D eigenvalue weighted by Gasteiger charge is 2.17. The van der Waals surface area contributed by atoms with Crippen molar-refractivity contribution < 1.29 is 4.74 Å². The van der Waals surface area contributed by atoms with Gasteiger partial charge in [0.15, 0.2) is 0 Å². The van der Waals surface area contributed by atoms with E-state index in [2.05, 4.69) is 41.8 Å². The van der Waals surface area contributed by atoms with Crippen molar-refractivity contribution in [3.63, 3.8) is 0 Å². The highest BCUT2D eigenvalue weighted by Crippen LogP contribution is 2.26. The van der Waals surface area contributed by atoms with Gasteiger partial charge in [-0.05, 0) is 42.6 Å². The Hall–Kier alpha value is -0.390. The van der Waals surface area contributed by atoms with Gasteiger partial charge in [0.25, 0.3) is 0 Å². The van der Waals surface area contributed by atoms with Crippen LogP contribution in [0, 0.1) is 0 Å². The Morgan fingerprint density at radius 2 is 2.18 bits per heavy atom. The molecule has 17 heavy (non-hydrogen) atoms. The fourth-order valence-corrected chi connectivity index (χ4v) is 2.27. The number of ether oxygens (including phenoxy) is 1. The summed E-state index contributed by atoms with van der Waals surface area (Å²) in [5, 5.41) is 4.33. The van der Waals surface area contributed by atoms with Gasteiger partial charge in [-0.25, -0.2) is 0 Å². The van der Waals surface area contributed by atoms with Gasteiger partial charge in [-0.15, -0.1) is 0 Å². The van der Waals surface area contributed by atoms with Crippen molar-refractivity contribution in [2.45, 2.75) is 45.7 Å². The van der Waals surface area contributed by atoms with E-state index in [9.17, 15) is 0 Å². The van der Waals surface area contributed by atoms with E-state index in [-0.39, 0.29) is 6.04 Å². The molecule has 1 atom stereocenters. The van der Waals surface area contributed by atoms with Gasteiger partial charge in [0, 0.05) is 19.3 Å². The molecular weight excluding hydrogens is 282 g/mol. The van der Waals surface area contributed by atoms with E-state index in [1.807, 2.05) is 10.9 Å². The van der Waals surface area contributed by atoms with E-state index in [4.69, 9.17) is 10.5 Å². The number of rotatable bonds is 7. The van der Waals surface area contributed by atoms with Crippen LogP contribution in [0.3, 0.4) is 0 Å². The lowest BCUT2D eigenvalue weighted by molar-refractivity contribution is 0.127. The summed E-state index contributed by atoms with van der Waals surface area (Å²) >= 11 is 3.50. The number of hydrogen-bond acceptors (Lipinski definition) is 3. The molecule has 0 spiro atoms. The van der Waals surface area contributed by atoms with Crippen molar-refractivity contribution in [2.24, 2.45) is 5.73 Å². The molecule has 0 saturated carbocycles. The molecule has 0 bridgehead atoms. The minimum absolute atomic E-state index is 0.0360. The Bertz CT molecular complexity index is 338. The normalized spacial score (nSPS) is 13.3. The maximum atomic E-state index is 6.19. The zero-order valence-electron chi connectivity index (χ0n) is 10.8. The van der Waals surface area contributed by atoms with Gasteiger partial charge in [-0.1, -0.05) is 6.92 Å². The summed E-state index contributed by atoms with van der Waals surface area (Å²) in [6.45, 7) is 7.80. The van der Waals surface area contributed by atoms with Gasteiger partial charge >= 0.3 is 0 Å². The van der Waals surface area contributed by atoms with Crippen molar-refractivity contribution in [3.05, 3.63) is 16.4 Å². The third kappa shape index (κ3) is 4.08. The van der Waals surface area contributed by atoms with Gasteiger partial charge in [0.2, 0.25) is 0 Å². The van der Waals surface area contributed by atoms with Crippen LogP contribution in [0.5, 0.6) is 0 Å². The van der Waals surface area contributed by atoms with Crippen LogP contribution in [0.25, 0.3) is 0 Å². The van der Waals surface area contributed by atoms with Gasteiger partial charge in [-0.3, -0.25) is 4.68 Å². The maximum absolute atomic E-state index is 6.19. The predicted molar refractivity (Wildman–Crippen MR) is 73.0 cm³/mol. The largest absolute Gasteiger partial charge is 0.381 e. The highest BCUT2D eigenvalue weighted by molar-refractivity contribution is 9.10. The van der Waals surface area contributed by atoms with E-state index in [0.29, 0.717) is 12.6 Å². The summed E-state index contributed by atoms with van der Waals surface area (Å²) < 4.78 is 8.41. The van der Waals surface area contributed by atoms with Crippen molar-refractivity contribution in [1.82, 2.24) is 9.78 Å². The molecule has 0 aliphatic carbocycles. The lowest BCUT2D eigenvalue weighted by Gasteiger charge is -2.17. The van der Waals surface area contributed by atoms with E-state index < -0.39 is 0 Å². The van der Waals surface area contributed by atoms with E-state index >= 15 is 0 Å². The molecule has 1 aromatic rings. The van der Waals surface area contributed by atoms with Crippen molar-refractivity contribution >= 4 is 15.9 Å². The lowest BCUT2D eigenvalue weighted by Crippen LogP contribution is -2.19. The van der Waals surface area contributed by atoms with Crippen LogP contribution in [0.2, 0.25) is 0 Å². The molecule has 0 fully saturated rings. The molecule has 0 amide bonds. The first-order valence-corrected chi connectivity index (χ1v) is 6.93. The Morgan fingerprint density at radius 3 is 2.76 bits per heavy atom. The summed E-state index contributed by atoms with van der Waals surface area (Å²) in [5.41, 5.74) is 7.25. The molecule has 4 nitrogen and oxygen atoms in total. The SMILES string of the molecule is CCCOCCC(N)c1c(Br)cnn1C(C)C. The predicted octanol–water partition coefficient (Wildman–Crippen LogP) is 3.04. The maximum Gasteiger partial charge on any atom is 0.0697 e. The first kappa shape index (κ1) is 14.7. The van der Waals surface area contributed by atoms with Crippen LogP contribution < -0.4 is 5.73 Å². The van der Waals surface area contributed by atoms with Crippen LogP contribution >= 0.6 is 15.9 Å². The minimum atomic E-state index is -0.0360. The van der Waals surface area contributed by atoms with E-state index in [0.717, 1.165) is 29.6 Å². The van der Waals surface area contributed by atoms with Gasteiger partial charge in [-0.2, -0.15) is 5.10 Å². The standard InChI is InChI=1S/C12H22BrN3O/c1-4-6-17-7-5-11(14)12-10(13)8-15-16(12)9(2)3/h8-9,11H,4-7,14H2,1-3H3. The van der Waals surface area contributed by atoms with Crippen LogP contribution in [-0.4, -0.2) is 23.0 Å². The molecule has 2 N–H and O–H groups in total. The van der Waals surface area contributed by atoms with Crippen molar-refractivity contribution in [3.8, 4) is 0 Å². The quantitative estimate of drug-likeness (QED) is 0.788. The molecular formula is C12H22BrN3O. The summed E-state index contributed by atoms with van der Waals surface area (Å²) in [4.78, 5) is 0. The second-order valence-electron chi connectivity index (χ2n) is 4.42. The first-order valence-electron chi connectivity index (χ1n) is 6.14. The van der Waals surface area contributed by atoms with Crippen LogP contribution in [0.4, 0.5) is 0 Å². The van der Waals surface area contributed by atoms with Crippen LogP contribution in [0.1, 0.15) is 51.4 Å². The molecule has 1 unspecified atom stereocenters. The third-order valence-electron chi connectivity index (χ3n) is 2.55. The van der Waals surface area contributed by atoms with Gasteiger partial charge in [0.1, 0.15) is 0 Å². The summed E-state index contributed by atoms with van der Waals surface area (Å²) in [7, 11) is 0. The number of aromatic nitrogens is 2. The summed E-state index contributed by atoms with van der Waals surface area (Å²) in [6.07, 6.45) is 3.67. The molecule has 1 aromatic heterocycles. The fourth-order valence-electron chi connectivity index (χ4n) is 1.70. The zero-order chi connectivity index (χ0) is 12.8. The number of nitrogens with two attached hydrogens (primary N) is 1. The monoisotopic (exact) mass is 303 g/mol. The summed E-state index contributed by atoms with van der Waals surface area (Å²) in [5.74, 6) is 0. The Morgan fingerprint density at radius 1 is 1.47 bits per heavy atom. The smallest absolute Gasteiger partial charge is 0.0697 e. The third-order valence-corrected chi connectivity index (χ3v) is 3.16. The Kier molecular flexibility index (Phi) is 6.16. The molecule has 5 heteroatoms. The average Bonchev–Trinajstić information content (AvgIpc) is 2.66. The van der Waals surface area contributed by atoms with Crippen molar-refractivity contribution in [1.29, 1.82) is 0 Å². The Labute approximate surface area is 112 Å². The highest BCUT2D eigenvalue weighted by atomic mass is 79.9. The first-order chi connectivity index (χ1) is 8.07. The zero-order valence-corrected chi connectivity index (χ0v) is 12.4. The van der Waals surface area contributed by atoms with Crippen LogP contribution in [-0.2, 0) is 4.74 Å². The minimum Gasteiger partial charge on any atom is -0.381 e. The fraction of sp³-hybridized carbons (Fsp3) is 0.750. The summed E-state index contributed by atoms with van der Waals surface area (Å²) in [6, 6.07) is 0.282. The molecule has 1 heterocycles. The van der Waals surface area contributed by atoms with Gasteiger partial charge in [0.05, 0.1) is 22.4 Å². The molecule has 0 aliphatic heterocycles. The lowest BCUT2D eigenvalue weighted by atomic mass is 10.1. The molecule has 1 rings (SSSR count).